The molecule has 0 bridgehead atoms. The van der Waals surface area contributed by atoms with E-state index < -0.39 is 12.0 Å². The van der Waals surface area contributed by atoms with E-state index in [1.165, 1.54) is 19.2 Å². The van der Waals surface area contributed by atoms with Crippen LogP contribution >= 0.6 is 0 Å². The summed E-state index contributed by atoms with van der Waals surface area (Å²) in [5, 5.41) is 3.20. The number of carbonyl (C=O) groups excluding carboxylic acids is 2. The predicted octanol–water partition coefficient (Wildman–Crippen LogP) is 3.48. The average molecular weight is 346 g/mol. The molecular weight excluding hydrogens is 323 g/mol. The van der Waals surface area contributed by atoms with Crippen LogP contribution in [-0.4, -0.2) is 29.9 Å². The van der Waals surface area contributed by atoms with E-state index >= 15 is 0 Å². The van der Waals surface area contributed by atoms with Crippen LogP contribution in [0.25, 0.3) is 0 Å². The van der Waals surface area contributed by atoms with Gasteiger partial charge < -0.3 is 15.0 Å². The molecule has 0 saturated carbocycles. The summed E-state index contributed by atoms with van der Waals surface area (Å²) < 4.78 is 17.8. The minimum atomic E-state index is -0.484. The standard InChI is InChI=1S/C19H23FN2O3/c1-10-16(19(24)25-5)12(3)22-17(10)18(23)13(4)21-11(2)14-6-8-15(20)9-7-14/h6-9,11,13,21-22H,1-5H3/t11-,13+/m0/s1. The first-order chi connectivity index (χ1) is 11.8. The molecule has 134 valence electrons. The first-order valence-corrected chi connectivity index (χ1v) is 8.09. The molecule has 0 aliphatic heterocycles. The van der Waals surface area contributed by atoms with Crippen molar-refractivity contribution in [1.82, 2.24) is 10.3 Å². The van der Waals surface area contributed by atoms with E-state index in [2.05, 4.69) is 10.3 Å². The number of halogens is 1. The molecule has 25 heavy (non-hydrogen) atoms. The normalized spacial score (nSPS) is 13.4. The van der Waals surface area contributed by atoms with Crippen molar-refractivity contribution in [1.29, 1.82) is 0 Å². The van der Waals surface area contributed by atoms with E-state index in [0.29, 0.717) is 22.5 Å². The fourth-order valence-electron chi connectivity index (χ4n) is 2.92. The summed E-state index contributed by atoms with van der Waals surface area (Å²) in [6, 6.07) is 5.54. The number of rotatable bonds is 6. The number of aromatic amines is 1. The van der Waals surface area contributed by atoms with E-state index in [-0.39, 0.29) is 17.6 Å². The number of benzene rings is 1. The SMILES string of the molecule is COC(=O)c1c(C)[nH]c(C(=O)[C@@H](C)N[C@@H](C)c2ccc(F)cc2)c1C. The van der Waals surface area contributed by atoms with Crippen LogP contribution in [0.2, 0.25) is 0 Å². The number of aryl methyl sites for hydroxylation is 1. The van der Waals surface area contributed by atoms with Crippen molar-refractivity contribution in [3.05, 3.63) is 58.2 Å². The van der Waals surface area contributed by atoms with Crippen LogP contribution in [0.15, 0.2) is 24.3 Å². The lowest BCUT2D eigenvalue weighted by Crippen LogP contribution is -2.36. The first kappa shape index (κ1) is 18.9. The van der Waals surface area contributed by atoms with Crippen LogP contribution in [0, 0.1) is 19.7 Å². The highest BCUT2D eigenvalue weighted by Gasteiger charge is 2.26. The topological polar surface area (TPSA) is 71.2 Å². The summed E-state index contributed by atoms with van der Waals surface area (Å²) in [6.45, 7) is 7.12. The highest BCUT2D eigenvalue weighted by Crippen LogP contribution is 2.21. The number of hydrogen-bond acceptors (Lipinski definition) is 4. The van der Waals surface area contributed by atoms with Gasteiger partial charge in [0.05, 0.1) is 24.4 Å². The molecule has 0 radical (unpaired) electrons. The Hall–Kier alpha value is -2.47. The van der Waals surface area contributed by atoms with Crippen LogP contribution < -0.4 is 5.32 Å². The zero-order valence-electron chi connectivity index (χ0n) is 15.1. The Morgan fingerprint density at radius 2 is 1.76 bits per heavy atom. The minimum Gasteiger partial charge on any atom is -0.465 e. The van der Waals surface area contributed by atoms with Gasteiger partial charge in [0, 0.05) is 11.7 Å². The molecule has 1 aromatic carbocycles. The van der Waals surface area contributed by atoms with Crippen LogP contribution in [0.1, 0.15) is 57.6 Å². The van der Waals surface area contributed by atoms with Gasteiger partial charge in [-0.1, -0.05) is 12.1 Å². The zero-order valence-corrected chi connectivity index (χ0v) is 15.1. The molecule has 1 heterocycles. The Labute approximate surface area is 146 Å². The van der Waals surface area contributed by atoms with E-state index in [4.69, 9.17) is 4.74 Å². The highest BCUT2D eigenvalue weighted by molar-refractivity contribution is 6.03. The monoisotopic (exact) mass is 346 g/mol. The lowest BCUT2D eigenvalue weighted by Gasteiger charge is -2.19. The van der Waals surface area contributed by atoms with Gasteiger partial charge >= 0.3 is 5.97 Å². The third-order valence-corrected chi connectivity index (χ3v) is 4.34. The van der Waals surface area contributed by atoms with Gasteiger partial charge in [0.2, 0.25) is 0 Å². The van der Waals surface area contributed by atoms with Crippen LogP contribution in [0.5, 0.6) is 0 Å². The number of ketones is 1. The maximum absolute atomic E-state index is 13.0. The maximum Gasteiger partial charge on any atom is 0.339 e. The van der Waals surface area contributed by atoms with Gasteiger partial charge in [0.25, 0.3) is 0 Å². The molecule has 0 fully saturated rings. The van der Waals surface area contributed by atoms with Crippen molar-refractivity contribution in [3.63, 3.8) is 0 Å². The van der Waals surface area contributed by atoms with Gasteiger partial charge in [0.1, 0.15) is 5.82 Å². The Morgan fingerprint density at radius 3 is 2.32 bits per heavy atom. The number of nitrogens with one attached hydrogen (secondary N) is 2. The van der Waals surface area contributed by atoms with Crippen LogP contribution in [-0.2, 0) is 4.74 Å². The maximum atomic E-state index is 13.0. The van der Waals surface area contributed by atoms with Crippen molar-refractivity contribution in [2.75, 3.05) is 7.11 Å². The number of carbonyl (C=O) groups is 2. The average Bonchev–Trinajstić information content (AvgIpc) is 2.88. The summed E-state index contributed by atoms with van der Waals surface area (Å²) in [7, 11) is 1.31. The smallest absolute Gasteiger partial charge is 0.339 e. The summed E-state index contributed by atoms with van der Waals surface area (Å²) in [6.07, 6.45) is 0. The van der Waals surface area contributed by atoms with Gasteiger partial charge in [-0.2, -0.15) is 0 Å². The number of esters is 1. The van der Waals surface area contributed by atoms with Gasteiger partial charge in [0.15, 0.2) is 5.78 Å². The number of hydrogen-bond donors (Lipinski definition) is 2. The Balaban J connectivity index is 2.17. The van der Waals surface area contributed by atoms with E-state index in [9.17, 15) is 14.0 Å². The largest absolute Gasteiger partial charge is 0.465 e. The minimum absolute atomic E-state index is 0.129. The van der Waals surface area contributed by atoms with Crippen molar-refractivity contribution in [2.24, 2.45) is 0 Å². The fraction of sp³-hybridized carbons (Fsp3) is 0.368. The lowest BCUT2D eigenvalue weighted by atomic mass is 10.0. The predicted molar refractivity (Wildman–Crippen MR) is 93.3 cm³/mol. The number of Topliss-reactive ketones (excluding diaryl/α,β-unsaturated/α-hetero) is 1. The molecule has 0 aliphatic carbocycles. The summed E-state index contributed by atoms with van der Waals surface area (Å²) in [5.41, 5.74) is 2.86. The van der Waals surface area contributed by atoms with Crippen molar-refractivity contribution in [3.8, 4) is 0 Å². The van der Waals surface area contributed by atoms with Gasteiger partial charge in [-0.05, 0) is 51.0 Å². The highest BCUT2D eigenvalue weighted by atomic mass is 19.1. The second-order valence-electron chi connectivity index (χ2n) is 6.14. The molecule has 0 aliphatic rings. The third-order valence-electron chi connectivity index (χ3n) is 4.34. The van der Waals surface area contributed by atoms with E-state index in [0.717, 1.165) is 5.56 Å². The first-order valence-electron chi connectivity index (χ1n) is 8.09. The second-order valence-corrected chi connectivity index (χ2v) is 6.14. The Kier molecular flexibility index (Phi) is 5.74. The number of H-pyrrole nitrogens is 1. The molecule has 2 atom stereocenters. The quantitative estimate of drug-likeness (QED) is 0.620. The van der Waals surface area contributed by atoms with Crippen molar-refractivity contribution in [2.45, 2.75) is 39.8 Å². The van der Waals surface area contributed by atoms with Crippen LogP contribution in [0.4, 0.5) is 4.39 Å². The van der Waals surface area contributed by atoms with Crippen molar-refractivity contribution >= 4 is 11.8 Å². The van der Waals surface area contributed by atoms with Gasteiger partial charge in [-0.25, -0.2) is 9.18 Å². The van der Waals surface area contributed by atoms with E-state index in [1.807, 2.05) is 6.92 Å². The van der Waals surface area contributed by atoms with Crippen LogP contribution in [0.3, 0.4) is 0 Å². The molecule has 2 aromatic rings. The summed E-state index contributed by atoms with van der Waals surface area (Å²) >= 11 is 0. The van der Waals surface area contributed by atoms with Gasteiger partial charge in [-0.15, -0.1) is 0 Å². The molecule has 2 N–H and O–H groups in total. The molecule has 5 nitrogen and oxygen atoms in total. The molecule has 0 saturated heterocycles. The Morgan fingerprint density at radius 1 is 1.16 bits per heavy atom. The molecule has 1 aromatic heterocycles. The fourth-order valence-corrected chi connectivity index (χ4v) is 2.92. The zero-order chi connectivity index (χ0) is 18.7. The Bertz CT molecular complexity index is 781. The summed E-state index contributed by atoms with van der Waals surface area (Å²) in [4.78, 5) is 27.6. The molecule has 0 unspecified atom stereocenters. The number of methoxy groups -OCH3 is 1. The molecule has 6 heteroatoms. The third kappa shape index (κ3) is 3.96. The molecule has 2 rings (SSSR count). The van der Waals surface area contributed by atoms with Crippen molar-refractivity contribution < 1.29 is 18.7 Å². The molecule has 0 spiro atoms. The molecular formula is C19H23FN2O3. The number of ether oxygens (including phenoxy) is 1. The van der Waals surface area contributed by atoms with Gasteiger partial charge in [-0.3, -0.25) is 4.79 Å². The van der Waals surface area contributed by atoms with E-state index in [1.54, 1.807) is 32.9 Å². The summed E-state index contributed by atoms with van der Waals surface area (Å²) in [5.74, 6) is -0.914. The number of aromatic nitrogens is 1. The lowest BCUT2D eigenvalue weighted by molar-refractivity contribution is 0.0599. The molecule has 0 amide bonds. The second kappa shape index (κ2) is 7.61.